The lowest BCUT2D eigenvalue weighted by Crippen LogP contribution is -2.37. The number of likely N-dealkylation sites (N-methyl/N-ethyl adjacent to an activating group) is 1. The molecular weight excluding hydrogens is 242 g/mol. The number of rotatable bonds is 4. The molecule has 1 aromatic carbocycles. The lowest BCUT2D eigenvalue weighted by Gasteiger charge is -2.32. The first-order valence-corrected chi connectivity index (χ1v) is 8.54. The zero-order chi connectivity index (χ0) is 13.9. The Morgan fingerprint density at radius 3 is 2.60 bits per heavy atom. The van der Waals surface area contributed by atoms with Crippen LogP contribution in [0.1, 0.15) is 55.7 Å². The van der Waals surface area contributed by atoms with Crippen LogP contribution in [-0.2, 0) is 19.3 Å². The molecule has 1 heteroatoms. The van der Waals surface area contributed by atoms with Gasteiger partial charge in [0.2, 0.25) is 0 Å². The van der Waals surface area contributed by atoms with Crippen LogP contribution in [0.15, 0.2) is 18.2 Å². The van der Waals surface area contributed by atoms with Crippen LogP contribution in [0.3, 0.4) is 0 Å². The predicted molar refractivity (Wildman–Crippen MR) is 86.1 cm³/mol. The van der Waals surface area contributed by atoms with E-state index in [4.69, 9.17) is 0 Å². The van der Waals surface area contributed by atoms with Crippen molar-refractivity contribution in [3.63, 3.8) is 0 Å². The molecule has 0 heterocycles. The fourth-order valence-corrected chi connectivity index (χ4v) is 4.20. The van der Waals surface area contributed by atoms with E-state index in [0.29, 0.717) is 6.04 Å². The highest BCUT2D eigenvalue weighted by atomic mass is 14.9. The molecule has 0 saturated heterocycles. The third kappa shape index (κ3) is 3.09. The van der Waals surface area contributed by atoms with Crippen molar-refractivity contribution in [3.05, 3.63) is 34.9 Å². The molecule has 3 rings (SSSR count). The molecule has 2 aliphatic rings. The molecule has 1 unspecified atom stereocenters. The molecule has 1 fully saturated rings. The van der Waals surface area contributed by atoms with Crippen LogP contribution in [0.2, 0.25) is 0 Å². The Bertz CT molecular complexity index is 443. The standard InChI is InChI=1S/C19H29N/c1-14-6-9-17(10-7-14)19(20-2)13-15-8-11-16-4-3-5-18(16)12-15/h8,11-12,14,17,19-20H,3-7,9-10,13H2,1-2H3. The number of aryl methyl sites for hydroxylation is 2. The van der Waals surface area contributed by atoms with E-state index >= 15 is 0 Å². The average Bonchev–Trinajstić information content (AvgIpc) is 2.93. The molecule has 0 aliphatic heterocycles. The summed E-state index contributed by atoms with van der Waals surface area (Å²) in [7, 11) is 2.15. The van der Waals surface area contributed by atoms with Crippen LogP contribution >= 0.6 is 0 Å². The molecule has 20 heavy (non-hydrogen) atoms. The number of nitrogens with one attached hydrogen (secondary N) is 1. The molecule has 0 spiro atoms. The highest BCUT2D eigenvalue weighted by Gasteiger charge is 2.25. The number of benzene rings is 1. The summed E-state index contributed by atoms with van der Waals surface area (Å²) in [6, 6.07) is 7.91. The average molecular weight is 271 g/mol. The van der Waals surface area contributed by atoms with Crippen molar-refractivity contribution in [1.29, 1.82) is 0 Å². The largest absolute Gasteiger partial charge is 0.316 e. The molecule has 1 saturated carbocycles. The van der Waals surface area contributed by atoms with Crippen LogP contribution in [0, 0.1) is 11.8 Å². The van der Waals surface area contributed by atoms with Crippen molar-refractivity contribution in [2.45, 2.75) is 64.3 Å². The van der Waals surface area contributed by atoms with E-state index in [-0.39, 0.29) is 0 Å². The van der Waals surface area contributed by atoms with Gasteiger partial charge in [0.1, 0.15) is 0 Å². The van der Waals surface area contributed by atoms with Crippen LogP contribution < -0.4 is 5.32 Å². The summed E-state index contributed by atoms with van der Waals surface area (Å²) in [5, 5.41) is 3.60. The summed E-state index contributed by atoms with van der Waals surface area (Å²) in [4.78, 5) is 0. The molecule has 0 aromatic heterocycles. The number of hydrogen-bond acceptors (Lipinski definition) is 1. The van der Waals surface area contributed by atoms with E-state index in [1.807, 2.05) is 0 Å². The third-order valence-corrected chi connectivity index (χ3v) is 5.62. The fraction of sp³-hybridized carbons (Fsp3) is 0.684. The Balaban J connectivity index is 1.65. The van der Waals surface area contributed by atoms with Crippen LogP contribution in [0.25, 0.3) is 0 Å². The molecule has 0 amide bonds. The van der Waals surface area contributed by atoms with Gasteiger partial charge in [0.15, 0.2) is 0 Å². The van der Waals surface area contributed by atoms with Crippen LogP contribution in [0.5, 0.6) is 0 Å². The first-order valence-electron chi connectivity index (χ1n) is 8.54. The van der Waals surface area contributed by atoms with Gasteiger partial charge in [-0.3, -0.25) is 0 Å². The molecular formula is C19H29N. The van der Waals surface area contributed by atoms with Gasteiger partial charge in [-0.25, -0.2) is 0 Å². The summed E-state index contributed by atoms with van der Waals surface area (Å²) in [5.74, 6) is 1.83. The molecule has 2 aliphatic carbocycles. The monoisotopic (exact) mass is 271 g/mol. The quantitative estimate of drug-likeness (QED) is 0.868. The van der Waals surface area contributed by atoms with Crippen molar-refractivity contribution in [2.75, 3.05) is 7.05 Å². The van der Waals surface area contributed by atoms with Gasteiger partial charge in [0.25, 0.3) is 0 Å². The molecule has 1 aromatic rings. The Morgan fingerprint density at radius 1 is 1.10 bits per heavy atom. The smallest absolute Gasteiger partial charge is 0.0133 e. The van der Waals surface area contributed by atoms with Crippen LogP contribution in [-0.4, -0.2) is 13.1 Å². The minimum absolute atomic E-state index is 0.668. The third-order valence-electron chi connectivity index (χ3n) is 5.62. The second-order valence-corrected chi connectivity index (χ2v) is 7.08. The van der Waals surface area contributed by atoms with Crippen molar-refractivity contribution >= 4 is 0 Å². The first-order chi connectivity index (χ1) is 9.76. The van der Waals surface area contributed by atoms with Crippen molar-refractivity contribution < 1.29 is 0 Å². The van der Waals surface area contributed by atoms with Gasteiger partial charge in [0, 0.05) is 6.04 Å². The highest BCUT2D eigenvalue weighted by Crippen LogP contribution is 2.32. The van der Waals surface area contributed by atoms with Gasteiger partial charge < -0.3 is 5.32 Å². The zero-order valence-electron chi connectivity index (χ0n) is 13.1. The van der Waals surface area contributed by atoms with E-state index in [9.17, 15) is 0 Å². The van der Waals surface area contributed by atoms with E-state index in [1.165, 1.54) is 51.4 Å². The molecule has 110 valence electrons. The van der Waals surface area contributed by atoms with Crippen LogP contribution in [0.4, 0.5) is 0 Å². The highest BCUT2D eigenvalue weighted by molar-refractivity contribution is 5.35. The minimum Gasteiger partial charge on any atom is -0.316 e. The zero-order valence-corrected chi connectivity index (χ0v) is 13.1. The molecule has 0 bridgehead atoms. The maximum absolute atomic E-state index is 3.60. The first kappa shape index (κ1) is 14.1. The minimum atomic E-state index is 0.668. The maximum atomic E-state index is 3.60. The summed E-state index contributed by atoms with van der Waals surface area (Å²) >= 11 is 0. The number of fused-ring (bicyclic) bond motifs is 1. The van der Waals surface area contributed by atoms with Gasteiger partial charge in [-0.1, -0.05) is 38.0 Å². The summed E-state index contributed by atoms with van der Waals surface area (Å²) in [6.45, 7) is 2.41. The van der Waals surface area contributed by atoms with Gasteiger partial charge >= 0.3 is 0 Å². The molecule has 1 atom stereocenters. The molecule has 1 nitrogen and oxygen atoms in total. The Morgan fingerprint density at radius 2 is 1.85 bits per heavy atom. The van der Waals surface area contributed by atoms with Crippen molar-refractivity contribution in [1.82, 2.24) is 5.32 Å². The summed E-state index contributed by atoms with van der Waals surface area (Å²) in [5.41, 5.74) is 4.76. The number of hydrogen-bond donors (Lipinski definition) is 1. The fourth-order valence-electron chi connectivity index (χ4n) is 4.20. The van der Waals surface area contributed by atoms with E-state index in [1.54, 1.807) is 16.7 Å². The van der Waals surface area contributed by atoms with E-state index in [0.717, 1.165) is 11.8 Å². The Labute approximate surface area is 124 Å². The SMILES string of the molecule is CNC(Cc1ccc2c(c1)CCC2)C1CCC(C)CC1. The Hall–Kier alpha value is -0.820. The van der Waals surface area contributed by atoms with Gasteiger partial charge in [0.05, 0.1) is 0 Å². The predicted octanol–water partition coefficient (Wildman–Crippen LogP) is 4.13. The molecule has 0 radical (unpaired) electrons. The second-order valence-electron chi connectivity index (χ2n) is 7.08. The van der Waals surface area contributed by atoms with Gasteiger partial charge in [-0.2, -0.15) is 0 Å². The lowest BCUT2D eigenvalue weighted by molar-refractivity contribution is 0.235. The maximum Gasteiger partial charge on any atom is 0.0133 e. The Kier molecular flexibility index (Phi) is 4.45. The topological polar surface area (TPSA) is 12.0 Å². The summed E-state index contributed by atoms with van der Waals surface area (Å²) < 4.78 is 0. The van der Waals surface area contributed by atoms with Crippen molar-refractivity contribution in [3.8, 4) is 0 Å². The second kappa shape index (κ2) is 6.30. The van der Waals surface area contributed by atoms with E-state index < -0.39 is 0 Å². The summed E-state index contributed by atoms with van der Waals surface area (Å²) in [6.07, 6.45) is 10.8. The molecule has 1 N–H and O–H groups in total. The lowest BCUT2D eigenvalue weighted by atomic mass is 9.77. The van der Waals surface area contributed by atoms with E-state index in [2.05, 4.69) is 37.5 Å². The normalized spacial score (nSPS) is 27.3. The van der Waals surface area contributed by atoms with Gasteiger partial charge in [-0.05, 0) is 74.1 Å². The van der Waals surface area contributed by atoms with Gasteiger partial charge in [-0.15, -0.1) is 0 Å². The van der Waals surface area contributed by atoms with Crippen molar-refractivity contribution in [2.24, 2.45) is 11.8 Å².